The highest BCUT2D eigenvalue weighted by atomic mass is 35.6. The van der Waals surface area contributed by atoms with Crippen LogP contribution in [0.1, 0.15) is 45.7 Å². The Morgan fingerprint density at radius 1 is 1.08 bits per heavy atom. The van der Waals surface area contributed by atoms with Gasteiger partial charge in [0.25, 0.3) is 0 Å². The minimum Gasteiger partial charge on any atom is -0.339 e. The van der Waals surface area contributed by atoms with Gasteiger partial charge >= 0.3 is 0 Å². The molecule has 1 unspecified atom stereocenters. The smallest absolute Gasteiger partial charge is 0.228 e. The van der Waals surface area contributed by atoms with Crippen LogP contribution in [0.25, 0.3) is 0 Å². The van der Waals surface area contributed by atoms with Gasteiger partial charge in [0.2, 0.25) is 9.70 Å². The molecule has 8 heteroatoms. The van der Waals surface area contributed by atoms with Gasteiger partial charge in [-0.15, -0.1) is 0 Å². The molecule has 1 atom stereocenters. The van der Waals surface area contributed by atoms with E-state index in [-0.39, 0.29) is 11.0 Å². The molecule has 0 spiro atoms. The Kier molecular flexibility index (Phi) is 8.46. The zero-order chi connectivity index (χ0) is 20.1. The molecule has 4 nitrogen and oxygen atoms in total. The fourth-order valence-corrected chi connectivity index (χ4v) is 2.78. The second-order valence-electron chi connectivity index (χ2n) is 6.95. The van der Waals surface area contributed by atoms with Crippen molar-refractivity contribution in [3.63, 3.8) is 0 Å². The van der Waals surface area contributed by atoms with E-state index in [0.29, 0.717) is 0 Å². The van der Waals surface area contributed by atoms with Gasteiger partial charge in [-0.3, -0.25) is 4.79 Å². The number of nitrogens with one attached hydrogen (secondary N) is 3. The van der Waals surface area contributed by atoms with E-state index in [9.17, 15) is 4.79 Å². The van der Waals surface area contributed by atoms with Crippen molar-refractivity contribution in [3.05, 3.63) is 29.3 Å². The van der Waals surface area contributed by atoms with Crippen LogP contribution < -0.4 is 16.0 Å². The first-order valence-electron chi connectivity index (χ1n) is 8.46. The SMILES string of the molecule is CCc1cccc(CC)c1NC(=S)NC(NC(=O)C(C)(C)C)C(Cl)(Cl)Cl. The van der Waals surface area contributed by atoms with Crippen molar-refractivity contribution in [1.82, 2.24) is 10.6 Å². The van der Waals surface area contributed by atoms with Crippen molar-refractivity contribution < 1.29 is 4.79 Å². The van der Waals surface area contributed by atoms with Crippen LogP contribution in [0.15, 0.2) is 18.2 Å². The van der Waals surface area contributed by atoms with Gasteiger partial charge in [0.1, 0.15) is 6.17 Å². The number of para-hydroxylation sites is 1. The molecule has 0 aromatic heterocycles. The summed E-state index contributed by atoms with van der Waals surface area (Å²) < 4.78 is -1.77. The fourth-order valence-electron chi connectivity index (χ4n) is 2.23. The number of aryl methyl sites for hydroxylation is 2. The lowest BCUT2D eigenvalue weighted by molar-refractivity contribution is -0.129. The topological polar surface area (TPSA) is 53.2 Å². The molecule has 1 amide bonds. The van der Waals surface area contributed by atoms with Crippen LogP contribution in [-0.4, -0.2) is 21.0 Å². The number of carbonyl (C=O) groups excluding carboxylic acids is 1. The molecule has 0 saturated heterocycles. The number of carbonyl (C=O) groups is 1. The Bertz CT molecular complexity index is 632. The highest BCUT2D eigenvalue weighted by molar-refractivity contribution is 7.80. The number of rotatable bonds is 5. The Balaban J connectivity index is 2.97. The predicted molar refractivity (Wildman–Crippen MR) is 116 cm³/mol. The molecule has 0 bridgehead atoms. The molecule has 0 fully saturated rings. The molecular formula is C18H26Cl3N3OS. The molecular weight excluding hydrogens is 413 g/mol. The molecule has 0 aliphatic carbocycles. The summed E-state index contributed by atoms with van der Waals surface area (Å²) in [4.78, 5) is 12.3. The molecule has 0 radical (unpaired) electrons. The van der Waals surface area contributed by atoms with E-state index in [4.69, 9.17) is 47.0 Å². The molecule has 146 valence electrons. The van der Waals surface area contributed by atoms with Crippen LogP contribution in [0.2, 0.25) is 0 Å². The number of alkyl halides is 3. The summed E-state index contributed by atoms with van der Waals surface area (Å²) in [6.07, 6.45) is 0.735. The van der Waals surface area contributed by atoms with Gasteiger partial charge in [0, 0.05) is 11.1 Å². The van der Waals surface area contributed by atoms with Crippen LogP contribution in [0, 0.1) is 5.41 Å². The number of hydrogen-bond acceptors (Lipinski definition) is 2. The lowest BCUT2D eigenvalue weighted by atomic mass is 9.95. The van der Waals surface area contributed by atoms with E-state index in [1.807, 2.05) is 18.2 Å². The van der Waals surface area contributed by atoms with E-state index < -0.39 is 15.4 Å². The van der Waals surface area contributed by atoms with Gasteiger partial charge in [0.15, 0.2) is 5.11 Å². The first-order chi connectivity index (χ1) is 11.9. The van der Waals surface area contributed by atoms with Crippen molar-refractivity contribution >= 4 is 63.7 Å². The van der Waals surface area contributed by atoms with Gasteiger partial charge in [0.05, 0.1) is 0 Å². The monoisotopic (exact) mass is 437 g/mol. The number of hydrogen-bond donors (Lipinski definition) is 3. The van der Waals surface area contributed by atoms with Crippen molar-refractivity contribution in [2.24, 2.45) is 5.41 Å². The second kappa shape index (κ2) is 9.45. The normalized spacial score (nSPS) is 13.1. The van der Waals surface area contributed by atoms with Gasteiger partial charge < -0.3 is 16.0 Å². The molecule has 1 aromatic carbocycles. The minimum absolute atomic E-state index is 0.257. The number of anilines is 1. The molecule has 0 aliphatic heterocycles. The summed E-state index contributed by atoms with van der Waals surface area (Å²) in [6, 6.07) is 6.10. The molecule has 0 saturated carbocycles. The largest absolute Gasteiger partial charge is 0.339 e. The lowest BCUT2D eigenvalue weighted by Gasteiger charge is -2.30. The molecule has 1 aromatic rings. The van der Waals surface area contributed by atoms with E-state index >= 15 is 0 Å². The number of thiocarbonyl (C=S) groups is 1. The molecule has 1 rings (SSSR count). The molecule has 0 heterocycles. The average Bonchev–Trinajstić information content (AvgIpc) is 2.52. The predicted octanol–water partition coefficient (Wildman–Crippen LogP) is 4.96. The van der Waals surface area contributed by atoms with Crippen molar-refractivity contribution in [2.45, 2.75) is 57.4 Å². The quantitative estimate of drug-likeness (QED) is 0.345. The molecule has 26 heavy (non-hydrogen) atoms. The van der Waals surface area contributed by atoms with E-state index in [1.165, 1.54) is 0 Å². The Morgan fingerprint density at radius 3 is 1.96 bits per heavy atom. The summed E-state index contributed by atoms with van der Waals surface area (Å²) in [5.74, 6) is -0.257. The van der Waals surface area contributed by atoms with Crippen molar-refractivity contribution in [1.29, 1.82) is 0 Å². The zero-order valence-electron chi connectivity index (χ0n) is 15.7. The summed E-state index contributed by atoms with van der Waals surface area (Å²) in [7, 11) is 0. The van der Waals surface area contributed by atoms with E-state index in [0.717, 1.165) is 29.7 Å². The Labute approximate surface area is 176 Å². The van der Waals surface area contributed by atoms with Gasteiger partial charge in [-0.05, 0) is 36.2 Å². The summed E-state index contributed by atoms with van der Waals surface area (Å²) >= 11 is 23.5. The van der Waals surface area contributed by atoms with Crippen molar-refractivity contribution in [2.75, 3.05) is 5.32 Å². The number of benzene rings is 1. The third kappa shape index (κ3) is 6.76. The third-order valence-corrected chi connectivity index (χ3v) is 4.67. The first kappa shape index (κ1) is 23.3. The number of halogens is 3. The van der Waals surface area contributed by atoms with Gasteiger partial charge in [-0.25, -0.2) is 0 Å². The van der Waals surface area contributed by atoms with Gasteiger partial charge in [-0.1, -0.05) is 87.6 Å². The van der Waals surface area contributed by atoms with E-state index in [1.54, 1.807) is 20.8 Å². The molecule has 3 N–H and O–H groups in total. The van der Waals surface area contributed by atoms with Gasteiger partial charge in [-0.2, -0.15) is 0 Å². The van der Waals surface area contributed by atoms with Crippen LogP contribution >= 0.6 is 47.0 Å². The zero-order valence-corrected chi connectivity index (χ0v) is 18.8. The Hall–Kier alpha value is -0.750. The summed E-state index contributed by atoms with van der Waals surface area (Å²) in [5.41, 5.74) is 2.59. The first-order valence-corrected chi connectivity index (χ1v) is 10.00. The van der Waals surface area contributed by atoms with E-state index in [2.05, 4.69) is 29.8 Å². The second-order valence-corrected chi connectivity index (χ2v) is 9.73. The minimum atomic E-state index is -1.77. The van der Waals surface area contributed by atoms with Crippen LogP contribution in [-0.2, 0) is 17.6 Å². The summed E-state index contributed by atoms with van der Waals surface area (Å²) in [6.45, 7) is 9.48. The average molecular weight is 439 g/mol. The van der Waals surface area contributed by atoms with Crippen molar-refractivity contribution in [3.8, 4) is 0 Å². The summed E-state index contributed by atoms with van der Waals surface area (Å²) in [5, 5.41) is 9.06. The highest BCUT2D eigenvalue weighted by Crippen LogP contribution is 2.30. The molecule has 0 aliphatic rings. The number of amides is 1. The fraction of sp³-hybridized carbons (Fsp3) is 0.556. The maximum Gasteiger partial charge on any atom is 0.228 e. The third-order valence-electron chi connectivity index (χ3n) is 3.80. The maximum absolute atomic E-state index is 12.3. The van der Waals surface area contributed by atoms with Crippen LogP contribution in [0.4, 0.5) is 5.69 Å². The lowest BCUT2D eigenvalue weighted by Crippen LogP contribution is -2.58. The van der Waals surface area contributed by atoms with Crippen LogP contribution in [0.5, 0.6) is 0 Å². The van der Waals surface area contributed by atoms with Crippen LogP contribution in [0.3, 0.4) is 0 Å². The highest BCUT2D eigenvalue weighted by Gasteiger charge is 2.37. The standard InChI is InChI=1S/C18H26Cl3N3OS/c1-6-11-9-8-10-12(7-2)13(11)22-16(26)24-14(18(19,20)21)23-15(25)17(3,4)5/h8-10,14H,6-7H2,1-5H3,(H,23,25)(H2,22,24,26). The Morgan fingerprint density at radius 2 is 1.58 bits per heavy atom. The maximum atomic E-state index is 12.3.